The highest BCUT2D eigenvalue weighted by atomic mass is 79.9. The lowest BCUT2D eigenvalue weighted by atomic mass is 9.83. The van der Waals surface area contributed by atoms with Crippen molar-refractivity contribution < 1.29 is 0 Å². The summed E-state index contributed by atoms with van der Waals surface area (Å²) in [5.74, 6) is 0.513. The molecule has 0 saturated heterocycles. The van der Waals surface area contributed by atoms with E-state index in [1.54, 1.807) is 0 Å². The maximum atomic E-state index is 3.59. The lowest BCUT2D eigenvalue weighted by Crippen LogP contribution is -2.03. The second-order valence-electron chi connectivity index (χ2n) is 7.00. The van der Waals surface area contributed by atoms with Crippen LogP contribution in [0.3, 0.4) is 0 Å². The first-order valence-electron chi connectivity index (χ1n) is 9.14. The molecule has 2 heteroatoms. The first kappa shape index (κ1) is 18.5. The Kier molecular flexibility index (Phi) is 5.47. The normalized spacial score (nSPS) is 16.6. The van der Waals surface area contributed by atoms with Crippen molar-refractivity contribution in [2.24, 2.45) is 5.92 Å². The molecule has 0 fully saturated rings. The minimum atomic E-state index is 0.513. The standard InChI is InChI=1S/C25H20Br2/c1-17-11-12-21(20-7-4-10-24(27)15-20)16-25(17)22-8-2-5-18(13-22)19-6-3-9-23(26)14-19/h2-10,12-17H,11H2,1H3. The molecule has 0 aliphatic heterocycles. The first-order chi connectivity index (χ1) is 13.1. The van der Waals surface area contributed by atoms with E-state index >= 15 is 0 Å². The molecule has 0 nitrogen and oxygen atoms in total. The van der Waals surface area contributed by atoms with Gasteiger partial charge in [0.15, 0.2) is 0 Å². The van der Waals surface area contributed by atoms with Gasteiger partial charge in [0, 0.05) is 8.95 Å². The Morgan fingerprint density at radius 1 is 0.704 bits per heavy atom. The lowest BCUT2D eigenvalue weighted by molar-refractivity contribution is 0.761. The molecule has 0 amide bonds. The molecule has 1 aliphatic carbocycles. The molecule has 4 rings (SSSR count). The molecular weight excluding hydrogens is 460 g/mol. The summed E-state index contributed by atoms with van der Waals surface area (Å²) in [4.78, 5) is 0. The number of rotatable bonds is 3. The fourth-order valence-corrected chi connectivity index (χ4v) is 4.38. The van der Waals surface area contributed by atoms with E-state index in [1.165, 1.54) is 33.4 Å². The van der Waals surface area contributed by atoms with Crippen LogP contribution < -0.4 is 0 Å². The zero-order valence-corrected chi connectivity index (χ0v) is 18.3. The molecule has 0 bridgehead atoms. The van der Waals surface area contributed by atoms with Crippen LogP contribution in [-0.2, 0) is 0 Å². The summed E-state index contributed by atoms with van der Waals surface area (Å²) >= 11 is 7.17. The van der Waals surface area contributed by atoms with E-state index in [0.717, 1.165) is 15.4 Å². The zero-order chi connectivity index (χ0) is 18.8. The lowest BCUT2D eigenvalue weighted by Gasteiger charge is -2.22. The van der Waals surface area contributed by atoms with E-state index in [0.29, 0.717) is 5.92 Å². The molecule has 1 aliphatic rings. The summed E-state index contributed by atoms with van der Waals surface area (Å²) in [5, 5.41) is 0. The van der Waals surface area contributed by atoms with Crippen molar-refractivity contribution in [3.63, 3.8) is 0 Å². The van der Waals surface area contributed by atoms with Crippen molar-refractivity contribution in [1.29, 1.82) is 0 Å². The molecule has 0 saturated carbocycles. The molecule has 3 aromatic rings. The van der Waals surface area contributed by atoms with Gasteiger partial charge in [-0.3, -0.25) is 0 Å². The Morgan fingerprint density at radius 3 is 1.96 bits per heavy atom. The van der Waals surface area contributed by atoms with Crippen molar-refractivity contribution in [2.75, 3.05) is 0 Å². The summed E-state index contributed by atoms with van der Waals surface area (Å²) in [6, 6.07) is 25.9. The molecular formula is C25H20Br2. The Hall–Kier alpha value is -1.90. The molecule has 0 N–H and O–H groups in total. The van der Waals surface area contributed by atoms with Crippen molar-refractivity contribution >= 4 is 43.0 Å². The summed E-state index contributed by atoms with van der Waals surface area (Å²) in [7, 11) is 0. The van der Waals surface area contributed by atoms with Crippen molar-refractivity contribution in [3.05, 3.63) is 105 Å². The van der Waals surface area contributed by atoms with E-state index < -0.39 is 0 Å². The topological polar surface area (TPSA) is 0 Å². The van der Waals surface area contributed by atoms with Crippen molar-refractivity contribution in [3.8, 4) is 11.1 Å². The number of hydrogen-bond acceptors (Lipinski definition) is 0. The van der Waals surface area contributed by atoms with Gasteiger partial charge in [0.25, 0.3) is 0 Å². The van der Waals surface area contributed by atoms with E-state index in [-0.39, 0.29) is 0 Å². The van der Waals surface area contributed by atoms with Gasteiger partial charge >= 0.3 is 0 Å². The van der Waals surface area contributed by atoms with Gasteiger partial charge in [-0.1, -0.05) is 93.4 Å². The highest BCUT2D eigenvalue weighted by Gasteiger charge is 2.17. The maximum absolute atomic E-state index is 3.59. The Labute approximate surface area is 177 Å². The minimum absolute atomic E-state index is 0.513. The highest BCUT2D eigenvalue weighted by molar-refractivity contribution is 9.10. The molecule has 0 radical (unpaired) electrons. The molecule has 27 heavy (non-hydrogen) atoms. The average Bonchev–Trinajstić information content (AvgIpc) is 2.68. The Bertz CT molecular complexity index is 1040. The van der Waals surface area contributed by atoms with Gasteiger partial charge in [-0.2, -0.15) is 0 Å². The minimum Gasteiger partial charge on any atom is -0.0761 e. The average molecular weight is 480 g/mol. The summed E-state index contributed by atoms with van der Waals surface area (Å²) < 4.78 is 2.22. The van der Waals surface area contributed by atoms with E-state index in [9.17, 15) is 0 Å². The van der Waals surface area contributed by atoms with Crippen LogP contribution in [0.25, 0.3) is 22.3 Å². The van der Waals surface area contributed by atoms with Gasteiger partial charge in [0.05, 0.1) is 0 Å². The van der Waals surface area contributed by atoms with Gasteiger partial charge < -0.3 is 0 Å². The quantitative estimate of drug-likeness (QED) is 0.353. The fourth-order valence-electron chi connectivity index (χ4n) is 3.58. The summed E-state index contributed by atoms with van der Waals surface area (Å²) in [5.41, 5.74) is 7.76. The fraction of sp³-hybridized carbons (Fsp3) is 0.120. The van der Waals surface area contributed by atoms with Gasteiger partial charge in [0.2, 0.25) is 0 Å². The number of hydrogen-bond donors (Lipinski definition) is 0. The van der Waals surface area contributed by atoms with Crippen molar-refractivity contribution in [2.45, 2.75) is 13.3 Å². The molecule has 134 valence electrons. The van der Waals surface area contributed by atoms with Crippen LogP contribution in [0.1, 0.15) is 24.5 Å². The molecule has 0 aromatic heterocycles. The van der Waals surface area contributed by atoms with Crippen LogP contribution in [0.15, 0.2) is 93.9 Å². The van der Waals surface area contributed by atoms with Crippen LogP contribution in [0.5, 0.6) is 0 Å². The molecule has 0 spiro atoms. The summed E-state index contributed by atoms with van der Waals surface area (Å²) in [6.07, 6.45) is 5.78. The van der Waals surface area contributed by atoms with E-state index in [2.05, 4.69) is 124 Å². The third-order valence-corrected chi connectivity index (χ3v) is 6.03. The number of benzene rings is 3. The smallest absolute Gasteiger partial charge is 0.0181 e. The van der Waals surface area contributed by atoms with Gasteiger partial charge in [-0.15, -0.1) is 0 Å². The van der Waals surface area contributed by atoms with Crippen LogP contribution in [0, 0.1) is 5.92 Å². The zero-order valence-electron chi connectivity index (χ0n) is 15.1. The monoisotopic (exact) mass is 478 g/mol. The molecule has 3 aromatic carbocycles. The second-order valence-corrected chi connectivity index (χ2v) is 8.83. The van der Waals surface area contributed by atoms with E-state index in [1.807, 2.05) is 0 Å². The van der Waals surface area contributed by atoms with Crippen LogP contribution in [-0.4, -0.2) is 0 Å². The third kappa shape index (κ3) is 4.17. The maximum Gasteiger partial charge on any atom is 0.0181 e. The molecule has 0 heterocycles. The largest absolute Gasteiger partial charge is 0.0761 e. The van der Waals surface area contributed by atoms with Gasteiger partial charge in [0.1, 0.15) is 0 Å². The first-order valence-corrected chi connectivity index (χ1v) is 10.7. The van der Waals surface area contributed by atoms with Crippen LogP contribution in [0.4, 0.5) is 0 Å². The van der Waals surface area contributed by atoms with Gasteiger partial charge in [-0.05, 0) is 76.1 Å². The SMILES string of the molecule is CC1CC=C(c2cccc(Br)c2)C=C1c1cccc(-c2cccc(Br)c2)c1. The Balaban J connectivity index is 1.73. The summed E-state index contributed by atoms with van der Waals surface area (Å²) in [6.45, 7) is 2.31. The Morgan fingerprint density at radius 2 is 1.26 bits per heavy atom. The predicted molar refractivity (Wildman–Crippen MR) is 123 cm³/mol. The third-order valence-electron chi connectivity index (χ3n) is 5.05. The molecule has 1 atom stereocenters. The van der Waals surface area contributed by atoms with Crippen molar-refractivity contribution in [1.82, 2.24) is 0 Å². The van der Waals surface area contributed by atoms with Crippen LogP contribution >= 0.6 is 31.9 Å². The van der Waals surface area contributed by atoms with E-state index in [4.69, 9.17) is 0 Å². The van der Waals surface area contributed by atoms with Crippen LogP contribution in [0.2, 0.25) is 0 Å². The number of allylic oxidation sites excluding steroid dienone is 4. The second kappa shape index (κ2) is 8.00. The number of halogens is 2. The highest BCUT2D eigenvalue weighted by Crippen LogP contribution is 2.37. The molecule has 1 unspecified atom stereocenters. The van der Waals surface area contributed by atoms with Gasteiger partial charge in [-0.25, -0.2) is 0 Å². The predicted octanol–water partition coefficient (Wildman–Crippen LogP) is 8.39.